The van der Waals surface area contributed by atoms with E-state index in [2.05, 4.69) is 9.97 Å². The number of aromatic amines is 1. The topological polar surface area (TPSA) is 45.8 Å². The molecule has 0 saturated heterocycles. The molecule has 0 aliphatic rings. The molecule has 2 rings (SSSR count). The summed E-state index contributed by atoms with van der Waals surface area (Å²) in [7, 11) is 0. The monoisotopic (exact) mass is 314 g/mol. The van der Waals surface area contributed by atoms with Crippen LogP contribution in [0.3, 0.4) is 0 Å². The van der Waals surface area contributed by atoms with Gasteiger partial charge in [-0.2, -0.15) is 13.2 Å². The van der Waals surface area contributed by atoms with Gasteiger partial charge in [0.15, 0.2) is 5.16 Å². The number of nitrogens with zero attached hydrogens (tertiary/aromatic N) is 1. The first-order valence-electron chi connectivity index (χ1n) is 6.14. The van der Waals surface area contributed by atoms with Crippen molar-refractivity contribution in [3.63, 3.8) is 0 Å². The van der Waals surface area contributed by atoms with Crippen molar-refractivity contribution in [2.75, 3.05) is 0 Å². The molecule has 0 unspecified atom stereocenters. The minimum Gasteiger partial charge on any atom is -0.301 e. The van der Waals surface area contributed by atoms with E-state index < -0.39 is 11.7 Å². The molecular formula is C14H13F3N2OS. The second kappa shape index (κ2) is 5.93. The number of hydrogen-bond acceptors (Lipinski definition) is 3. The van der Waals surface area contributed by atoms with Crippen LogP contribution in [0.1, 0.15) is 22.4 Å². The van der Waals surface area contributed by atoms with Gasteiger partial charge in [-0.05, 0) is 31.5 Å². The molecule has 3 nitrogen and oxygen atoms in total. The Morgan fingerprint density at radius 3 is 2.33 bits per heavy atom. The van der Waals surface area contributed by atoms with Gasteiger partial charge < -0.3 is 4.98 Å². The maximum atomic E-state index is 12.4. The Balaban J connectivity index is 2.08. The van der Waals surface area contributed by atoms with E-state index in [1.165, 1.54) is 23.9 Å². The van der Waals surface area contributed by atoms with Crippen molar-refractivity contribution >= 4 is 11.8 Å². The molecule has 0 atom stereocenters. The van der Waals surface area contributed by atoms with Crippen molar-refractivity contribution in [3.8, 4) is 0 Å². The normalized spacial score (nSPS) is 11.7. The van der Waals surface area contributed by atoms with Gasteiger partial charge in [-0.15, -0.1) is 0 Å². The summed E-state index contributed by atoms with van der Waals surface area (Å²) in [5.41, 5.74) is 1.07. The number of H-pyrrole nitrogens is 1. The number of alkyl halides is 3. The number of thioether (sulfide) groups is 1. The van der Waals surface area contributed by atoms with Crippen LogP contribution in [0.4, 0.5) is 13.2 Å². The fourth-order valence-corrected chi connectivity index (χ4v) is 2.49. The fraction of sp³-hybridized carbons (Fsp3) is 0.286. The smallest absolute Gasteiger partial charge is 0.301 e. The van der Waals surface area contributed by atoms with E-state index in [-0.39, 0.29) is 5.56 Å². The number of halogens is 3. The van der Waals surface area contributed by atoms with E-state index >= 15 is 0 Å². The Hall–Kier alpha value is -1.76. The van der Waals surface area contributed by atoms with Gasteiger partial charge >= 0.3 is 6.18 Å². The number of nitrogens with one attached hydrogen (secondary N) is 1. The molecular weight excluding hydrogens is 301 g/mol. The lowest BCUT2D eigenvalue weighted by molar-refractivity contribution is -0.137. The van der Waals surface area contributed by atoms with Crippen LogP contribution in [0.15, 0.2) is 34.2 Å². The molecule has 0 radical (unpaired) electrons. The molecule has 0 amide bonds. The highest BCUT2D eigenvalue weighted by atomic mass is 32.2. The number of aromatic nitrogens is 2. The van der Waals surface area contributed by atoms with Gasteiger partial charge in [0, 0.05) is 17.0 Å². The van der Waals surface area contributed by atoms with E-state index in [0.717, 1.165) is 17.7 Å². The molecule has 0 bridgehead atoms. The Morgan fingerprint density at radius 2 is 1.81 bits per heavy atom. The average Bonchev–Trinajstić information content (AvgIpc) is 2.42. The first-order chi connectivity index (χ1) is 9.77. The van der Waals surface area contributed by atoms with Crippen LogP contribution in [0, 0.1) is 13.8 Å². The zero-order chi connectivity index (χ0) is 15.6. The highest BCUT2D eigenvalue weighted by Crippen LogP contribution is 2.29. The van der Waals surface area contributed by atoms with Crippen LogP contribution in [0.5, 0.6) is 0 Å². The van der Waals surface area contributed by atoms with E-state index in [9.17, 15) is 18.0 Å². The maximum absolute atomic E-state index is 12.4. The molecule has 21 heavy (non-hydrogen) atoms. The van der Waals surface area contributed by atoms with E-state index in [0.29, 0.717) is 22.2 Å². The molecule has 1 aromatic carbocycles. The van der Waals surface area contributed by atoms with Gasteiger partial charge in [-0.3, -0.25) is 4.79 Å². The molecule has 2 aromatic rings. The van der Waals surface area contributed by atoms with Crippen molar-refractivity contribution in [3.05, 3.63) is 57.0 Å². The second-order valence-corrected chi connectivity index (χ2v) is 5.53. The van der Waals surface area contributed by atoms with Crippen LogP contribution in [0.2, 0.25) is 0 Å². The summed E-state index contributed by atoms with van der Waals surface area (Å²) in [6.45, 7) is 3.43. The standard InChI is InChI=1S/C14H13F3N2OS/c1-8-9(2)18-13(19-12(8)20)21-7-10-3-5-11(6-4-10)14(15,16)17/h3-6H,7H2,1-2H3,(H,18,19,20). The minimum absolute atomic E-state index is 0.197. The van der Waals surface area contributed by atoms with Gasteiger partial charge in [0.05, 0.1) is 5.56 Å². The van der Waals surface area contributed by atoms with Crippen molar-refractivity contribution in [1.82, 2.24) is 9.97 Å². The molecule has 1 aromatic heterocycles. The molecule has 1 heterocycles. The van der Waals surface area contributed by atoms with Gasteiger partial charge in [0.25, 0.3) is 5.56 Å². The fourth-order valence-electron chi connectivity index (χ4n) is 1.63. The molecule has 0 spiro atoms. The number of hydrogen-bond donors (Lipinski definition) is 1. The molecule has 0 aliphatic carbocycles. The van der Waals surface area contributed by atoms with Crippen LogP contribution in [-0.4, -0.2) is 9.97 Å². The highest BCUT2D eigenvalue weighted by molar-refractivity contribution is 7.98. The lowest BCUT2D eigenvalue weighted by Gasteiger charge is -2.07. The largest absolute Gasteiger partial charge is 0.416 e. The predicted octanol–water partition coefficient (Wildman–Crippen LogP) is 3.70. The Morgan fingerprint density at radius 1 is 1.19 bits per heavy atom. The van der Waals surface area contributed by atoms with Crippen LogP contribution < -0.4 is 5.56 Å². The minimum atomic E-state index is -4.33. The van der Waals surface area contributed by atoms with Crippen molar-refractivity contribution in [1.29, 1.82) is 0 Å². The quantitative estimate of drug-likeness (QED) is 0.694. The zero-order valence-electron chi connectivity index (χ0n) is 11.4. The van der Waals surface area contributed by atoms with Gasteiger partial charge in [-0.25, -0.2) is 4.98 Å². The van der Waals surface area contributed by atoms with E-state index in [4.69, 9.17) is 0 Å². The average molecular weight is 314 g/mol. The zero-order valence-corrected chi connectivity index (χ0v) is 12.2. The highest BCUT2D eigenvalue weighted by Gasteiger charge is 2.29. The first-order valence-corrected chi connectivity index (χ1v) is 7.12. The van der Waals surface area contributed by atoms with Crippen LogP contribution in [0.25, 0.3) is 0 Å². The summed E-state index contributed by atoms with van der Waals surface area (Å²) in [6.07, 6.45) is -4.33. The number of rotatable bonds is 3. The van der Waals surface area contributed by atoms with Crippen molar-refractivity contribution in [2.45, 2.75) is 30.9 Å². The third-order valence-corrected chi connectivity index (χ3v) is 3.97. The molecule has 112 valence electrons. The Bertz CT molecular complexity index is 693. The number of benzene rings is 1. The summed E-state index contributed by atoms with van der Waals surface area (Å²) in [5, 5.41) is 0.461. The van der Waals surface area contributed by atoms with Gasteiger partial charge in [0.1, 0.15) is 0 Å². The summed E-state index contributed by atoms with van der Waals surface area (Å²) in [4.78, 5) is 18.5. The predicted molar refractivity (Wildman–Crippen MR) is 75.3 cm³/mol. The third-order valence-electron chi connectivity index (χ3n) is 3.03. The van der Waals surface area contributed by atoms with Crippen LogP contribution >= 0.6 is 11.8 Å². The van der Waals surface area contributed by atoms with Crippen LogP contribution in [-0.2, 0) is 11.9 Å². The lowest BCUT2D eigenvalue weighted by Crippen LogP contribution is -2.14. The Kier molecular flexibility index (Phi) is 4.41. The molecule has 1 N–H and O–H groups in total. The SMILES string of the molecule is Cc1nc(SCc2ccc(C(F)(F)F)cc2)[nH]c(=O)c1C. The maximum Gasteiger partial charge on any atom is 0.416 e. The summed E-state index contributed by atoms with van der Waals surface area (Å²) in [6, 6.07) is 4.95. The molecule has 0 saturated carbocycles. The van der Waals surface area contributed by atoms with E-state index in [1.54, 1.807) is 13.8 Å². The van der Waals surface area contributed by atoms with E-state index in [1.807, 2.05) is 0 Å². The van der Waals surface area contributed by atoms with Crippen molar-refractivity contribution < 1.29 is 13.2 Å². The van der Waals surface area contributed by atoms with Gasteiger partial charge in [-0.1, -0.05) is 23.9 Å². The molecule has 0 aliphatic heterocycles. The second-order valence-electron chi connectivity index (χ2n) is 4.56. The molecule has 7 heteroatoms. The first kappa shape index (κ1) is 15.6. The Labute approximate surface area is 123 Å². The van der Waals surface area contributed by atoms with Gasteiger partial charge in [0.2, 0.25) is 0 Å². The summed E-state index contributed by atoms with van der Waals surface area (Å²) < 4.78 is 37.3. The third kappa shape index (κ3) is 3.87. The number of aryl methyl sites for hydroxylation is 1. The summed E-state index contributed by atoms with van der Waals surface area (Å²) >= 11 is 1.28. The lowest BCUT2D eigenvalue weighted by atomic mass is 10.1. The molecule has 0 fully saturated rings. The van der Waals surface area contributed by atoms with Crippen molar-refractivity contribution in [2.24, 2.45) is 0 Å². The summed E-state index contributed by atoms with van der Waals surface area (Å²) in [5.74, 6) is 0.434.